The molecule has 0 fully saturated rings. The second-order valence-corrected chi connectivity index (χ2v) is 4.76. The number of nitrogens with one attached hydrogen (secondary N) is 2. The Morgan fingerprint density at radius 1 is 1.32 bits per heavy atom. The van der Waals surface area contributed by atoms with Gasteiger partial charge < -0.3 is 10.6 Å². The van der Waals surface area contributed by atoms with Crippen molar-refractivity contribution in [1.29, 1.82) is 0 Å². The number of nitro benzene ring substituents is 1. The monoisotopic (exact) mass is 300 g/mol. The third-order valence-electron chi connectivity index (χ3n) is 3.13. The fourth-order valence-electron chi connectivity index (χ4n) is 1.92. The Morgan fingerprint density at radius 3 is 2.73 bits per heavy atom. The molecule has 1 heterocycles. The molecule has 0 radical (unpaired) electrons. The second kappa shape index (κ2) is 7.16. The molecular formula is C15H16N4O3. The van der Waals surface area contributed by atoms with E-state index in [1.54, 1.807) is 31.5 Å². The topological polar surface area (TPSA) is 97.2 Å². The smallest absolute Gasteiger partial charge is 0.315 e. The fourth-order valence-corrected chi connectivity index (χ4v) is 1.92. The van der Waals surface area contributed by atoms with Gasteiger partial charge in [0.25, 0.3) is 5.69 Å². The Kier molecular flexibility index (Phi) is 5.02. The summed E-state index contributed by atoms with van der Waals surface area (Å²) in [6.45, 7) is 2.15. The fraction of sp³-hybridized carbons (Fsp3) is 0.200. The molecule has 114 valence electrons. The minimum absolute atomic E-state index is 0.00310. The molecule has 2 rings (SSSR count). The molecule has 2 N–H and O–H groups in total. The van der Waals surface area contributed by atoms with E-state index < -0.39 is 4.92 Å². The normalized spacial score (nSPS) is 11.5. The van der Waals surface area contributed by atoms with Crippen molar-refractivity contribution in [2.75, 3.05) is 0 Å². The molecule has 2 amide bonds. The molecule has 1 aromatic carbocycles. The lowest BCUT2D eigenvalue weighted by molar-refractivity contribution is -0.384. The minimum Gasteiger partial charge on any atom is -0.334 e. The Morgan fingerprint density at radius 2 is 2.05 bits per heavy atom. The largest absolute Gasteiger partial charge is 0.334 e. The molecule has 7 nitrogen and oxygen atoms in total. The first-order chi connectivity index (χ1) is 10.6. The van der Waals surface area contributed by atoms with Crippen molar-refractivity contribution in [3.63, 3.8) is 0 Å². The number of urea groups is 1. The van der Waals surface area contributed by atoms with E-state index in [0.717, 1.165) is 5.56 Å². The van der Waals surface area contributed by atoms with Gasteiger partial charge in [0.1, 0.15) is 0 Å². The molecule has 0 saturated heterocycles. The van der Waals surface area contributed by atoms with E-state index in [2.05, 4.69) is 15.6 Å². The van der Waals surface area contributed by atoms with Crippen molar-refractivity contribution >= 4 is 11.7 Å². The molecule has 2 aromatic rings. The summed E-state index contributed by atoms with van der Waals surface area (Å²) in [5.74, 6) is 0. The minimum atomic E-state index is -0.459. The quantitative estimate of drug-likeness (QED) is 0.655. The molecule has 0 bridgehead atoms. The van der Waals surface area contributed by atoms with E-state index in [-0.39, 0.29) is 17.8 Å². The SMILES string of the molecule is CC(NC(=O)NCc1ccncc1)c1cccc([N+](=O)[O-])c1. The molecule has 0 aliphatic carbocycles. The lowest BCUT2D eigenvalue weighted by Crippen LogP contribution is -2.36. The highest BCUT2D eigenvalue weighted by molar-refractivity contribution is 5.74. The maximum Gasteiger partial charge on any atom is 0.315 e. The van der Waals surface area contributed by atoms with Crippen molar-refractivity contribution in [2.24, 2.45) is 0 Å². The van der Waals surface area contributed by atoms with Crippen LogP contribution in [0.5, 0.6) is 0 Å². The number of pyridine rings is 1. The zero-order valence-electron chi connectivity index (χ0n) is 12.0. The molecule has 0 aliphatic rings. The van der Waals surface area contributed by atoms with Crippen molar-refractivity contribution in [3.8, 4) is 0 Å². The van der Waals surface area contributed by atoms with Crippen molar-refractivity contribution < 1.29 is 9.72 Å². The number of nitro groups is 1. The van der Waals surface area contributed by atoms with Crippen LogP contribution in [0.25, 0.3) is 0 Å². The van der Waals surface area contributed by atoms with Gasteiger partial charge in [0.15, 0.2) is 0 Å². The van der Waals surface area contributed by atoms with Crippen LogP contribution in [0.15, 0.2) is 48.8 Å². The number of aromatic nitrogens is 1. The Hall–Kier alpha value is -2.96. The van der Waals surface area contributed by atoms with Gasteiger partial charge in [-0.2, -0.15) is 0 Å². The molecule has 1 unspecified atom stereocenters. The molecule has 0 spiro atoms. The number of carbonyl (C=O) groups excluding carboxylic acids is 1. The van der Waals surface area contributed by atoms with E-state index in [9.17, 15) is 14.9 Å². The average Bonchev–Trinajstić information content (AvgIpc) is 2.54. The van der Waals surface area contributed by atoms with Crippen LogP contribution in [-0.2, 0) is 6.54 Å². The number of benzene rings is 1. The van der Waals surface area contributed by atoms with Crippen LogP contribution in [0.3, 0.4) is 0 Å². The van der Waals surface area contributed by atoms with Gasteiger partial charge in [-0.15, -0.1) is 0 Å². The maximum absolute atomic E-state index is 11.8. The van der Waals surface area contributed by atoms with Crippen LogP contribution < -0.4 is 10.6 Å². The average molecular weight is 300 g/mol. The lowest BCUT2D eigenvalue weighted by Gasteiger charge is -2.15. The number of carbonyl (C=O) groups is 1. The number of non-ortho nitro benzene ring substituents is 1. The summed E-state index contributed by atoms with van der Waals surface area (Å²) in [5, 5.41) is 16.2. The van der Waals surface area contributed by atoms with E-state index in [4.69, 9.17) is 0 Å². The highest BCUT2D eigenvalue weighted by Gasteiger charge is 2.12. The standard InChI is InChI=1S/C15H16N4O3/c1-11(13-3-2-4-14(9-13)19(21)22)18-15(20)17-10-12-5-7-16-8-6-12/h2-9,11H,10H2,1H3,(H2,17,18,20). The summed E-state index contributed by atoms with van der Waals surface area (Å²) < 4.78 is 0. The Bertz CT molecular complexity index is 661. The second-order valence-electron chi connectivity index (χ2n) is 4.76. The third kappa shape index (κ3) is 4.27. The highest BCUT2D eigenvalue weighted by Crippen LogP contribution is 2.18. The van der Waals surface area contributed by atoms with Crippen LogP contribution >= 0.6 is 0 Å². The third-order valence-corrected chi connectivity index (χ3v) is 3.13. The first kappa shape index (κ1) is 15.4. The lowest BCUT2D eigenvalue weighted by atomic mass is 10.1. The molecule has 1 aromatic heterocycles. The number of hydrogen-bond acceptors (Lipinski definition) is 4. The van der Waals surface area contributed by atoms with Crippen LogP contribution in [-0.4, -0.2) is 15.9 Å². The van der Waals surface area contributed by atoms with Crippen LogP contribution in [0.1, 0.15) is 24.1 Å². The first-order valence-corrected chi connectivity index (χ1v) is 6.74. The predicted molar refractivity (Wildman–Crippen MR) is 81.1 cm³/mol. The summed E-state index contributed by atoms with van der Waals surface area (Å²) in [5.41, 5.74) is 1.62. The van der Waals surface area contributed by atoms with Crippen LogP contribution in [0, 0.1) is 10.1 Å². The Labute approximate surface area is 127 Å². The summed E-state index contributed by atoms with van der Waals surface area (Å²) in [6, 6.07) is 9.15. The number of rotatable bonds is 5. The van der Waals surface area contributed by atoms with E-state index >= 15 is 0 Å². The van der Waals surface area contributed by atoms with E-state index in [1.807, 2.05) is 12.1 Å². The highest BCUT2D eigenvalue weighted by atomic mass is 16.6. The first-order valence-electron chi connectivity index (χ1n) is 6.74. The van der Waals surface area contributed by atoms with E-state index in [1.165, 1.54) is 12.1 Å². The molecule has 1 atom stereocenters. The van der Waals surface area contributed by atoms with Crippen molar-refractivity contribution in [3.05, 3.63) is 70.0 Å². The van der Waals surface area contributed by atoms with Crippen molar-refractivity contribution in [2.45, 2.75) is 19.5 Å². The molecular weight excluding hydrogens is 284 g/mol. The molecule has 7 heteroatoms. The van der Waals surface area contributed by atoms with Crippen LogP contribution in [0.4, 0.5) is 10.5 Å². The van der Waals surface area contributed by atoms with Crippen molar-refractivity contribution in [1.82, 2.24) is 15.6 Å². The van der Waals surface area contributed by atoms with Crippen LogP contribution in [0.2, 0.25) is 0 Å². The summed E-state index contributed by atoms with van der Waals surface area (Å²) in [4.78, 5) is 26.0. The number of nitrogens with zero attached hydrogens (tertiary/aromatic N) is 2. The maximum atomic E-state index is 11.8. The zero-order chi connectivity index (χ0) is 15.9. The molecule has 0 aliphatic heterocycles. The summed E-state index contributed by atoms with van der Waals surface area (Å²) in [6.07, 6.45) is 3.31. The summed E-state index contributed by atoms with van der Waals surface area (Å²) in [7, 11) is 0. The Balaban J connectivity index is 1.91. The van der Waals surface area contributed by atoms with Gasteiger partial charge in [-0.1, -0.05) is 12.1 Å². The van der Waals surface area contributed by atoms with Gasteiger partial charge in [-0.3, -0.25) is 15.1 Å². The number of hydrogen-bond donors (Lipinski definition) is 2. The van der Waals surface area contributed by atoms with E-state index in [0.29, 0.717) is 12.1 Å². The van der Waals surface area contributed by atoms with Gasteiger partial charge >= 0.3 is 6.03 Å². The van der Waals surface area contributed by atoms with Gasteiger partial charge in [0.05, 0.1) is 11.0 Å². The van der Waals surface area contributed by atoms with Gasteiger partial charge in [-0.05, 0) is 30.2 Å². The molecule has 22 heavy (non-hydrogen) atoms. The number of amides is 2. The zero-order valence-corrected chi connectivity index (χ0v) is 12.0. The van der Waals surface area contributed by atoms with Gasteiger partial charge in [0.2, 0.25) is 0 Å². The summed E-state index contributed by atoms with van der Waals surface area (Å²) >= 11 is 0. The predicted octanol–water partition coefficient (Wildman–Crippen LogP) is 2.55. The van der Waals surface area contributed by atoms with Gasteiger partial charge in [0, 0.05) is 31.1 Å². The molecule has 0 saturated carbocycles. The van der Waals surface area contributed by atoms with Gasteiger partial charge in [-0.25, -0.2) is 4.79 Å².